The molecule has 112 valence electrons. The third kappa shape index (κ3) is 4.74. The number of ether oxygens (including phenoxy) is 1. The van der Waals surface area contributed by atoms with E-state index >= 15 is 0 Å². The third-order valence-electron chi connectivity index (χ3n) is 2.80. The molecule has 0 aliphatic rings. The monoisotopic (exact) mass is 293 g/mol. The Balaban J connectivity index is 2.89. The molecule has 0 aliphatic heterocycles. The maximum Gasteiger partial charge on any atom is 0.326 e. The van der Waals surface area contributed by atoms with Crippen LogP contribution in [0.15, 0.2) is 18.2 Å². The number of nitrogens with zero attached hydrogens (tertiary/aromatic N) is 2. The summed E-state index contributed by atoms with van der Waals surface area (Å²) in [5, 5.41) is 31.5. The standard InChI is InChI=1S/C13H15N3O5/c1-21-6-2-3-11(13(17)18)15-10-5-4-9(8-14)12(7-10)16(19)20/h4-5,7,11,15H,2-3,6H2,1H3,(H,17,18). The summed E-state index contributed by atoms with van der Waals surface area (Å²) in [6, 6.07) is 4.72. The van der Waals surface area contributed by atoms with Gasteiger partial charge in [-0.3, -0.25) is 10.1 Å². The zero-order valence-electron chi connectivity index (χ0n) is 11.4. The van der Waals surface area contributed by atoms with Gasteiger partial charge >= 0.3 is 5.97 Å². The van der Waals surface area contributed by atoms with E-state index in [9.17, 15) is 14.9 Å². The second-order valence-corrected chi connectivity index (χ2v) is 4.27. The smallest absolute Gasteiger partial charge is 0.326 e. The van der Waals surface area contributed by atoms with Gasteiger partial charge in [0.1, 0.15) is 17.7 Å². The number of carboxylic acids is 1. The van der Waals surface area contributed by atoms with Crippen LogP contribution in [0.25, 0.3) is 0 Å². The predicted octanol–water partition coefficient (Wildman–Crippen LogP) is 1.76. The zero-order chi connectivity index (χ0) is 15.8. The Morgan fingerprint density at radius 3 is 2.86 bits per heavy atom. The number of nitro benzene ring substituents is 1. The van der Waals surface area contributed by atoms with Gasteiger partial charge in [0, 0.05) is 25.5 Å². The summed E-state index contributed by atoms with van der Waals surface area (Å²) in [6.45, 7) is 0.430. The van der Waals surface area contributed by atoms with Crippen molar-refractivity contribution in [3.8, 4) is 6.07 Å². The summed E-state index contributed by atoms with van der Waals surface area (Å²) < 4.78 is 4.86. The minimum Gasteiger partial charge on any atom is -0.480 e. The zero-order valence-corrected chi connectivity index (χ0v) is 11.4. The van der Waals surface area contributed by atoms with E-state index in [0.29, 0.717) is 19.4 Å². The minimum absolute atomic E-state index is 0.0724. The molecular weight excluding hydrogens is 278 g/mol. The largest absolute Gasteiger partial charge is 0.480 e. The van der Waals surface area contributed by atoms with Crippen LogP contribution >= 0.6 is 0 Å². The van der Waals surface area contributed by atoms with Crippen LogP contribution in [0.4, 0.5) is 11.4 Å². The molecule has 1 rings (SSSR count). The van der Waals surface area contributed by atoms with E-state index in [0.717, 1.165) is 6.07 Å². The maximum atomic E-state index is 11.2. The number of hydrogen-bond acceptors (Lipinski definition) is 6. The number of anilines is 1. The van der Waals surface area contributed by atoms with Gasteiger partial charge < -0.3 is 15.2 Å². The van der Waals surface area contributed by atoms with E-state index in [1.165, 1.54) is 19.2 Å². The van der Waals surface area contributed by atoms with Crippen molar-refractivity contribution in [2.45, 2.75) is 18.9 Å². The van der Waals surface area contributed by atoms with Gasteiger partial charge in [0.15, 0.2) is 0 Å². The summed E-state index contributed by atoms with van der Waals surface area (Å²) in [5.41, 5.74) is -0.147. The number of carbonyl (C=O) groups is 1. The van der Waals surface area contributed by atoms with E-state index in [1.54, 1.807) is 6.07 Å². The Labute approximate surface area is 121 Å². The van der Waals surface area contributed by atoms with Gasteiger partial charge in [-0.25, -0.2) is 4.79 Å². The number of benzene rings is 1. The Kier molecular flexibility index (Phi) is 6.10. The molecule has 0 saturated heterocycles. The van der Waals surface area contributed by atoms with Crippen LogP contribution in [0.1, 0.15) is 18.4 Å². The number of methoxy groups -OCH3 is 1. The molecule has 0 bridgehead atoms. The second-order valence-electron chi connectivity index (χ2n) is 4.27. The highest BCUT2D eigenvalue weighted by Crippen LogP contribution is 2.23. The van der Waals surface area contributed by atoms with Crippen molar-refractivity contribution >= 4 is 17.3 Å². The first-order chi connectivity index (χ1) is 9.99. The summed E-state index contributed by atoms with van der Waals surface area (Å²) in [7, 11) is 1.52. The van der Waals surface area contributed by atoms with Crippen molar-refractivity contribution in [1.29, 1.82) is 5.26 Å². The molecular formula is C13H15N3O5. The predicted molar refractivity (Wildman–Crippen MR) is 74.0 cm³/mol. The summed E-state index contributed by atoms with van der Waals surface area (Å²) in [5.74, 6) is -1.06. The van der Waals surface area contributed by atoms with Gasteiger partial charge in [0.05, 0.1) is 4.92 Å². The van der Waals surface area contributed by atoms with Gasteiger partial charge in [0.2, 0.25) is 0 Å². The first kappa shape index (κ1) is 16.4. The molecule has 1 atom stereocenters. The molecule has 0 fully saturated rings. The van der Waals surface area contributed by atoms with Gasteiger partial charge in [-0.1, -0.05) is 0 Å². The van der Waals surface area contributed by atoms with Gasteiger partial charge in [-0.15, -0.1) is 0 Å². The number of rotatable bonds is 8. The first-order valence-electron chi connectivity index (χ1n) is 6.16. The molecule has 0 amide bonds. The molecule has 21 heavy (non-hydrogen) atoms. The number of nitrogens with one attached hydrogen (secondary N) is 1. The lowest BCUT2D eigenvalue weighted by molar-refractivity contribution is -0.385. The van der Waals surface area contributed by atoms with E-state index in [-0.39, 0.29) is 16.9 Å². The lowest BCUT2D eigenvalue weighted by Gasteiger charge is -2.15. The van der Waals surface area contributed by atoms with Crippen molar-refractivity contribution in [2.75, 3.05) is 19.0 Å². The Morgan fingerprint density at radius 2 is 2.33 bits per heavy atom. The highest BCUT2D eigenvalue weighted by Gasteiger charge is 2.19. The average molecular weight is 293 g/mol. The summed E-state index contributed by atoms with van der Waals surface area (Å²) in [4.78, 5) is 21.3. The molecule has 8 nitrogen and oxygen atoms in total. The van der Waals surface area contributed by atoms with Gasteiger partial charge in [0.25, 0.3) is 5.69 Å². The number of aliphatic carboxylic acids is 1. The number of nitro groups is 1. The van der Waals surface area contributed by atoms with Crippen molar-refractivity contribution in [2.24, 2.45) is 0 Å². The Bertz CT molecular complexity index is 567. The lowest BCUT2D eigenvalue weighted by atomic mass is 10.1. The Morgan fingerprint density at radius 1 is 1.62 bits per heavy atom. The van der Waals surface area contributed by atoms with Crippen LogP contribution in [0.3, 0.4) is 0 Å². The molecule has 0 radical (unpaired) electrons. The first-order valence-corrected chi connectivity index (χ1v) is 6.16. The SMILES string of the molecule is COCCCC(Nc1ccc(C#N)c([N+](=O)[O-])c1)C(=O)O. The van der Waals surface area contributed by atoms with Crippen LogP contribution in [-0.4, -0.2) is 35.8 Å². The molecule has 0 spiro atoms. The second kappa shape index (κ2) is 7.81. The molecule has 8 heteroatoms. The van der Waals surface area contributed by atoms with Gasteiger partial charge in [-0.2, -0.15) is 5.26 Å². The van der Waals surface area contributed by atoms with Crippen LogP contribution < -0.4 is 5.32 Å². The molecule has 1 aromatic rings. The van der Waals surface area contributed by atoms with Crippen LogP contribution in [0.2, 0.25) is 0 Å². The van der Waals surface area contributed by atoms with Gasteiger partial charge in [-0.05, 0) is 25.0 Å². The average Bonchev–Trinajstić information content (AvgIpc) is 2.46. The maximum absolute atomic E-state index is 11.2. The van der Waals surface area contributed by atoms with E-state index in [2.05, 4.69) is 5.32 Å². The van der Waals surface area contributed by atoms with Crippen molar-refractivity contribution in [3.63, 3.8) is 0 Å². The van der Waals surface area contributed by atoms with Crippen LogP contribution in [-0.2, 0) is 9.53 Å². The van der Waals surface area contributed by atoms with Crippen molar-refractivity contribution < 1.29 is 19.6 Å². The van der Waals surface area contributed by atoms with Crippen LogP contribution in [0, 0.1) is 21.4 Å². The number of hydrogen-bond donors (Lipinski definition) is 2. The molecule has 0 saturated carbocycles. The summed E-state index contributed by atoms with van der Waals surface area (Å²) in [6.07, 6.45) is 0.857. The normalized spacial score (nSPS) is 11.4. The quantitative estimate of drug-likeness (QED) is 0.425. The van der Waals surface area contributed by atoms with E-state index in [1.807, 2.05) is 0 Å². The molecule has 1 aromatic carbocycles. The van der Waals surface area contributed by atoms with E-state index < -0.39 is 16.9 Å². The van der Waals surface area contributed by atoms with Crippen molar-refractivity contribution in [3.05, 3.63) is 33.9 Å². The molecule has 0 aliphatic carbocycles. The molecule has 0 heterocycles. The highest BCUT2D eigenvalue weighted by molar-refractivity contribution is 5.77. The number of nitriles is 1. The molecule has 0 aromatic heterocycles. The third-order valence-corrected chi connectivity index (χ3v) is 2.80. The topological polar surface area (TPSA) is 125 Å². The fraction of sp³-hybridized carbons (Fsp3) is 0.385. The fourth-order valence-corrected chi connectivity index (χ4v) is 1.76. The summed E-state index contributed by atoms with van der Waals surface area (Å²) >= 11 is 0. The minimum atomic E-state index is -1.06. The van der Waals surface area contributed by atoms with Crippen molar-refractivity contribution in [1.82, 2.24) is 0 Å². The Hall–Kier alpha value is -2.66. The lowest BCUT2D eigenvalue weighted by Crippen LogP contribution is -2.29. The molecule has 1 unspecified atom stereocenters. The highest BCUT2D eigenvalue weighted by atomic mass is 16.6. The fourth-order valence-electron chi connectivity index (χ4n) is 1.76. The molecule has 2 N–H and O–H groups in total. The van der Waals surface area contributed by atoms with E-state index in [4.69, 9.17) is 15.1 Å². The van der Waals surface area contributed by atoms with Crippen LogP contribution in [0.5, 0.6) is 0 Å². The number of carboxylic acid groups (broad SMARTS) is 1.